The topological polar surface area (TPSA) is 89.7 Å². The minimum Gasteiger partial charge on any atom is -0.497 e. The van der Waals surface area contributed by atoms with Gasteiger partial charge in [-0.15, -0.1) is 5.10 Å². The highest BCUT2D eigenvalue weighted by Gasteiger charge is 2.28. The van der Waals surface area contributed by atoms with Crippen molar-refractivity contribution in [1.82, 2.24) is 15.5 Å². The van der Waals surface area contributed by atoms with Gasteiger partial charge in [0.1, 0.15) is 5.75 Å². The molecule has 8 heteroatoms. The molecule has 1 amide bonds. The molecule has 1 N–H and O–H groups in total. The highest BCUT2D eigenvalue weighted by atomic mass is 16.5. The van der Waals surface area contributed by atoms with Crippen molar-refractivity contribution >= 4 is 11.9 Å². The molecule has 2 aromatic rings. The van der Waals surface area contributed by atoms with Crippen molar-refractivity contribution in [2.24, 2.45) is 5.92 Å². The highest BCUT2D eigenvalue weighted by molar-refractivity contribution is 5.79. The average molecular weight is 386 g/mol. The summed E-state index contributed by atoms with van der Waals surface area (Å²) in [5.74, 6) is 1.42. The van der Waals surface area contributed by atoms with Gasteiger partial charge < -0.3 is 24.1 Å². The smallest absolute Gasteiger partial charge is 0.318 e. The summed E-state index contributed by atoms with van der Waals surface area (Å²) in [5, 5.41) is 11.4. The predicted octanol–water partition coefficient (Wildman–Crippen LogP) is 2.26. The molecule has 1 aromatic carbocycles. The quantitative estimate of drug-likeness (QED) is 0.814. The SMILES string of the molecule is COc1ccc(-c2nnc(N3CCC(C(=O)NC[C@H]4CCCO4)CC3)o2)cc1. The van der Waals surface area contributed by atoms with Crippen LogP contribution in [-0.4, -0.2) is 55.6 Å². The summed E-state index contributed by atoms with van der Waals surface area (Å²) in [6.07, 6.45) is 3.85. The van der Waals surface area contributed by atoms with Gasteiger partial charge in [-0.2, -0.15) is 0 Å². The lowest BCUT2D eigenvalue weighted by Crippen LogP contribution is -2.42. The molecule has 150 valence electrons. The van der Waals surface area contributed by atoms with Crippen molar-refractivity contribution in [2.45, 2.75) is 31.8 Å². The third-order valence-electron chi connectivity index (χ3n) is 5.42. The van der Waals surface area contributed by atoms with E-state index in [9.17, 15) is 4.79 Å². The van der Waals surface area contributed by atoms with E-state index in [4.69, 9.17) is 13.9 Å². The van der Waals surface area contributed by atoms with E-state index < -0.39 is 0 Å². The summed E-state index contributed by atoms with van der Waals surface area (Å²) in [6, 6.07) is 8.01. The van der Waals surface area contributed by atoms with Crippen LogP contribution in [-0.2, 0) is 9.53 Å². The fraction of sp³-hybridized carbons (Fsp3) is 0.550. The Labute approximate surface area is 164 Å². The van der Waals surface area contributed by atoms with E-state index in [0.717, 1.165) is 56.7 Å². The number of carbonyl (C=O) groups is 1. The molecule has 0 unspecified atom stereocenters. The first-order chi connectivity index (χ1) is 13.7. The first-order valence-electron chi connectivity index (χ1n) is 9.85. The molecular weight excluding hydrogens is 360 g/mol. The van der Waals surface area contributed by atoms with Crippen LogP contribution in [0, 0.1) is 5.92 Å². The van der Waals surface area contributed by atoms with Gasteiger partial charge in [-0.05, 0) is 49.9 Å². The first kappa shape index (κ1) is 18.7. The van der Waals surface area contributed by atoms with Gasteiger partial charge >= 0.3 is 6.01 Å². The molecule has 1 aromatic heterocycles. The minimum atomic E-state index is 0.0293. The van der Waals surface area contributed by atoms with Crippen LogP contribution in [0.25, 0.3) is 11.5 Å². The molecule has 0 aliphatic carbocycles. The number of ether oxygens (including phenoxy) is 2. The molecule has 4 rings (SSSR count). The minimum absolute atomic E-state index is 0.0293. The van der Waals surface area contributed by atoms with E-state index in [0.29, 0.717) is 18.5 Å². The van der Waals surface area contributed by atoms with Crippen LogP contribution in [0.3, 0.4) is 0 Å². The number of nitrogens with one attached hydrogen (secondary N) is 1. The second kappa shape index (κ2) is 8.60. The Morgan fingerprint density at radius 2 is 2.00 bits per heavy atom. The first-order valence-corrected chi connectivity index (χ1v) is 9.85. The van der Waals surface area contributed by atoms with Gasteiger partial charge in [-0.1, -0.05) is 5.10 Å². The molecule has 0 saturated carbocycles. The Kier molecular flexibility index (Phi) is 5.76. The van der Waals surface area contributed by atoms with Gasteiger partial charge in [0.25, 0.3) is 0 Å². The molecule has 8 nitrogen and oxygen atoms in total. The van der Waals surface area contributed by atoms with Crippen molar-refractivity contribution in [2.75, 3.05) is 38.3 Å². The van der Waals surface area contributed by atoms with Crippen LogP contribution in [0.15, 0.2) is 28.7 Å². The largest absolute Gasteiger partial charge is 0.497 e. The molecule has 1 atom stereocenters. The number of rotatable bonds is 6. The molecule has 0 radical (unpaired) electrons. The molecule has 0 bridgehead atoms. The number of hydrogen-bond donors (Lipinski definition) is 1. The Morgan fingerprint density at radius 1 is 1.21 bits per heavy atom. The Morgan fingerprint density at radius 3 is 2.68 bits per heavy atom. The summed E-state index contributed by atoms with van der Waals surface area (Å²) in [6.45, 7) is 2.88. The van der Waals surface area contributed by atoms with Gasteiger partial charge in [-0.3, -0.25) is 4.79 Å². The Hall–Kier alpha value is -2.61. The Balaban J connectivity index is 1.28. The number of amides is 1. The van der Waals surface area contributed by atoms with Crippen molar-refractivity contribution in [3.63, 3.8) is 0 Å². The second-order valence-corrected chi connectivity index (χ2v) is 7.26. The second-order valence-electron chi connectivity index (χ2n) is 7.26. The molecule has 28 heavy (non-hydrogen) atoms. The van der Waals surface area contributed by atoms with E-state index in [2.05, 4.69) is 15.5 Å². The molecule has 0 spiro atoms. The van der Waals surface area contributed by atoms with E-state index >= 15 is 0 Å². The number of aromatic nitrogens is 2. The van der Waals surface area contributed by atoms with Crippen LogP contribution >= 0.6 is 0 Å². The number of piperidine rings is 1. The number of benzene rings is 1. The summed E-state index contributed by atoms with van der Waals surface area (Å²) in [5.41, 5.74) is 0.850. The monoisotopic (exact) mass is 386 g/mol. The number of carbonyl (C=O) groups excluding carboxylic acids is 1. The fourth-order valence-electron chi connectivity index (χ4n) is 3.69. The number of anilines is 1. The normalized spacial score (nSPS) is 20.3. The lowest BCUT2D eigenvalue weighted by atomic mass is 9.96. The van der Waals surface area contributed by atoms with Crippen LogP contribution in [0.2, 0.25) is 0 Å². The zero-order chi connectivity index (χ0) is 19.3. The number of nitrogens with zero attached hydrogens (tertiary/aromatic N) is 3. The van der Waals surface area contributed by atoms with Gasteiger partial charge in [0, 0.05) is 37.7 Å². The van der Waals surface area contributed by atoms with Gasteiger partial charge in [0.15, 0.2) is 0 Å². The summed E-state index contributed by atoms with van der Waals surface area (Å²) < 4.78 is 16.6. The predicted molar refractivity (Wildman–Crippen MR) is 103 cm³/mol. The summed E-state index contributed by atoms with van der Waals surface area (Å²) in [7, 11) is 1.63. The average Bonchev–Trinajstić information content (AvgIpc) is 3.44. The van der Waals surface area contributed by atoms with E-state index in [-0.39, 0.29) is 17.9 Å². The number of methoxy groups -OCH3 is 1. The third kappa shape index (κ3) is 4.27. The van der Waals surface area contributed by atoms with Gasteiger partial charge in [-0.25, -0.2) is 0 Å². The standard InChI is InChI=1S/C20H26N4O4/c1-26-16-6-4-15(5-7-16)19-22-23-20(28-19)24-10-8-14(9-11-24)18(25)21-13-17-3-2-12-27-17/h4-7,14,17H,2-3,8-13H2,1H3,(H,21,25)/t17-/m1/s1. The van der Waals surface area contributed by atoms with Gasteiger partial charge in [0.2, 0.25) is 11.8 Å². The van der Waals surface area contributed by atoms with Crippen LogP contribution < -0.4 is 15.0 Å². The lowest BCUT2D eigenvalue weighted by Gasteiger charge is -2.30. The maximum Gasteiger partial charge on any atom is 0.318 e. The van der Waals surface area contributed by atoms with Crippen molar-refractivity contribution in [1.29, 1.82) is 0 Å². The zero-order valence-corrected chi connectivity index (χ0v) is 16.1. The molecular formula is C20H26N4O4. The van der Waals surface area contributed by atoms with Crippen molar-refractivity contribution < 1.29 is 18.7 Å². The highest BCUT2D eigenvalue weighted by Crippen LogP contribution is 2.27. The fourth-order valence-corrected chi connectivity index (χ4v) is 3.69. The lowest BCUT2D eigenvalue weighted by molar-refractivity contribution is -0.126. The molecule has 2 aliphatic rings. The zero-order valence-electron chi connectivity index (χ0n) is 16.1. The van der Waals surface area contributed by atoms with Gasteiger partial charge in [0.05, 0.1) is 13.2 Å². The van der Waals surface area contributed by atoms with Crippen LogP contribution in [0.1, 0.15) is 25.7 Å². The van der Waals surface area contributed by atoms with E-state index in [1.165, 1.54) is 0 Å². The van der Waals surface area contributed by atoms with Crippen LogP contribution in [0.4, 0.5) is 6.01 Å². The van der Waals surface area contributed by atoms with Crippen molar-refractivity contribution in [3.8, 4) is 17.2 Å². The summed E-state index contributed by atoms with van der Waals surface area (Å²) in [4.78, 5) is 14.4. The molecule has 2 aliphatic heterocycles. The molecule has 2 fully saturated rings. The molecule has 2 saturated heterocycles. The maximum absolute atomic E-state index is 12.4. The third-order valence-corrected chi connectivity index (χ3v) is 5.42. The van der Waals surface area contributed by atoms with E-state index in [1.54, 1.807) is 7.11 Å². The van der Waals surface area contributed by atoms with Crippen LogP contribution in [0.5, 0.6) is 5.75 Å². The Bertz CT molecular complexity index is 778. The summed E-state index contributed by atoms with van der Waals surface area (Å²) >= 11 is 0. The van der Waals surface area contributed by atoms with Crippen molar-refractivity contribution in [3.05, 3.63) is 24.3 Å². The molecule has 3 heterocycles. The maximum atomic E-state index is 12.4. The van der Waals surface area contributed by atoms with E-state index in [1.807, 2.05) is 29.2 Å². The number of hydrogen-bond acceptors (Lipinski definition) is 7.